The van der Waals surface area contributed by atoms with Crippen molar-refractivity contribution in [2.75, 3.05) is 5.32 Å². The first-order chi connectivity index (χ1) is 14.3. The van der Waals surface area contributed by atoms with Crippen molar-refractivity contribution in [3.8, 4) is 0 Å². The van der Waals surface area contributed by atoms with Gasteiger partial charge in [0.1, 0.15) is 23.3 Å². The molecule has 1 N–H and O–H groups in total. The molecule has 0 spiro atoms. The molecule has 9 nitrogen and oxygen atoms in total. The Morgan fingerprint density at radius 2 is 1.90 bits per heavy atom. The minimum atomic E-state index is 0.528. The molecular formula is C20H18N8O. The summed E-state index contributed by atoms with van der Waals surface area (Å²) in [4.78, 5) is 13.2. The zero-order valence-corrected chi connectivity index (χ0v) is 15.5. The normalized spacial score (nSPS) is 11.2. The highest BCUT2D eigenvalue weighted by atomic mass is 16.3. The number of anilines is 1. The van der Waals surface area contributed by atoms with Gasteiger partial charge in [0, 0.05) is 0 Å². The van der Waals surface area contributed by atoms with E-state index in [4.69, 9.17) is 4.42 Å². The Morgan fingerprint density at radius 1 is 0.966 bits per heavy atom. The molecule has 0 bridgehead atoms. The smallest absolute Gasteiger partial charge is 0.165 e. The first kappa shape index (κ1) is 17.1. The monoisotopic (exact) mass is 386 g/mol. The Kier molecular flexibility index (Phi) is 4.45. The summed E-state index contributed by atoms with van der Waals surface area (Å²) in [6, 6.07) is 13.9. The van der Waals surface area contributed by atoms with Gasteiger partial charge in [-0.2, -0.15) is 0 Å². The Balaban J connectivity index is 1.33. The van der Waals surface area contributed by atoms with Gasteiger partial charge in [-0.1, -0.05) is 35.5 Å². The minimum absolute atomic E-state index is 0.528. The van der Waals surface area contributed by atoms with Crippen LogP contribution in [0.4, 0.5) is 5.82 Å². The third kappa shape index (κ3) is 3.70. The molecule has 0 fully saturated rings. The van der Waals surface area contributed by atoms with Crippen molar-refractivity contribution < 1.29 is 4.42 Å². The van der Waals surface area contributed by atoms with E-state index in [-0.39, 0.29) is 0 Å². The third-order valence-corrected chi connectivity index (χ3v) is 4.52. The van der Waals surface area contributed by atoms with Crippen molar-refractivity contribution in [3.05, 3.63) is 84.6 Å². The van der Waals surface area contributed by atoms with E-state index >= 15 is 0 Å². The molecule has 1 aromatic carbocycles. The number of nitrogens with one attached hydrogen (secondary N) is 1. The molecule has 0 radical (unpaired) electrons. The summed E-state index contributed by atoms with van der Waals surface area (Å²) in [5, 5.41) is 11.8. The molecule has 5 aromatic rings. The van der Waals surface area contributed by atoms with Gasteiger partial charge in [-0.15, -0.1) is 5.10 Å². The summed E-state index contributed by atoms with van der Waals surface area (Å²) in [5.41, 5.74) is 3.45. The fraction of sp³-hybridized carbons (Fsp3) is 0.150. The van der Waals surface area contributed by atoms with Crippen LogP contribution in [0.5, 0.6) is 0 Å². The van der Waals surface area contributed by atoms with Crippen LogP contribution in [-0.4, -0.2) is 34.5 Å². The molecule has 0 saturated heterocycles. The van der Waals surface area contributed by atoms with Crippen molar-refractivity contribution in [1.29, 1.82) is 0 Å². The van der Waals surface area contributed by atoms with Gasteiger partial charge >= 0.3 is 0 Å². The van der Waals surface area contributed by atoms with Crippen molar-refractivity contribution >= 4 is 17.0 Å². The van der Waals surface area contributed by atoms with E-state index in [9.17, 15) is 0 Å². The Labute approximate surface area is 166 Å². The molecule has 5 rings (SSSR count). The predicted octanol–water partition coefficient (Wildman–Crippen LogP) is 2.72. The quantitative estimate of drug-likeness (QED) is 0.459. The maximum Gasteiger partial charge on any atom is 0.165 e. The van der Waals surface area contributed by atoms with E-state index < -0.39 is 0 Å². The first-order valence-corrected chi connectivity index (χ1v) is 9.20. The van der Waals surface area contributed by atoms with Crippen LogP contribution in [0.15, 0.2) is 72.0 Å². The summed E-state index contributed by atoms with van der Waals surface area (Å²) in [7, 11) is 0. The number of hydrogen-bond acceptors (Lipinski definition) is 7. The van der Waals surface area contributed by atoms with Crippen LogP contribution in [0, 0.1) is 0 Å². The van der Waals surface area contributed by atoms with E-state index in [1.165, 1.54) is 11.9 Å². The average molecular weight is 386 g/mol. The Hall–Kier alpha value is -4.01. The van der Waals surface area contributed by atoms with Crippen LogP contribution >= 0.6 is 0 Å². The van der Waals surface area contributed by atoms with Crippen molar-refractivity contribution in [2.45, 2.75) is 19.6 Å². The van der Waals surface area contributed by atoms with E-state index in [0.717, 1.165) is 17.1 Å². The third-order valence-electron chi connectivity index (χ3n) is 4.52. The summed E-state index contributed by atoms with van der Waals surface area (Å²) in [6.07, 6.45) is 6.85. The molecule has 0 aliphatic heterocycles. The lowest BCUT2D eigenvalue weighted by Gasteiger charge is -2.04. The first-order valence-electron chi connectivity index (χ1n) is 9.20. The number of aromatic nitrogens is 7. The van der Waals surface area contributed by atoms with Crippen LogP contribution in [0.25, 0.3) is 11.2 Å². The van der Waals surface area contributed by atoms with E-state index in [0.29, 0.717) is 31.0 Å². The van der Waals surface area contributed by atoms with Crippen LogP contribution in [0.2, 0.25) is 0 Å². The molecule has 4 heterocycles. The van der Waals surface area contributed by atoms with E-state index in [1.54, 1.807) is 12.6 Å². The van der Waals surface area contributed by atoms with Gasteiger partial charge in [0.05, 0.1) is 38.4 Å². The van der Waals surface area contributed by atoms with Gasteiger partial charge in [-0.3, -0.25) is 0 Å². The minimum Gasteiger partial charge on any atom is -0.467 e. The van der Waals surface area contributed by atoms with Crippen molar-refractivity contribution in [2.24, 2.45) is 0 Å². The number of furan rings is 1. The highest BCUT2D eigenvalue weighted by molar-refractivity contribution is 5.82. The molecule has 0 amide bonds. The molecule has 4 aromatic heterocycles. The molecule has 0 saturated carbocycles. The molecule has 0 atom stereocenters. The second kappa shape index (κ2) is 7.55. The lowest BCUT2D eigenvalue weighted by atomic mass is 10.2. The molecule has 0 aliphatic carbocycles. The largest absolute Gasteiger partial charge is 0.467 e. The highest BCUT2D eigenvalue weighted by Crippen LogP contribution is 2.19. The molecule has 29 heavy (non-hydrogen) atoms. The summed E-state index contributed by atoms with van der Waals surface area (Å²) < 4.78 is 9.11. The van der Waals surface area contributed by atoms with Crippen LogP contribution in [0.1, 0.15) is 17.0 Å². The standard InChI is InChI=1S/C20H18N8O/c1-2-5-15(6-3-1)10-28-12-16(25-26-28)11-27-14-24-18-19(22-13-23-20(18)27)21-9-17-7-4-8-29-17/h1-8,12-14H,9-11H2,(H,21,22,23). The fourth-order valence-electron chi connectivity index (χ4n) is 3.14. The zero-order chi connectivity index (χ0) is 19.5. The number of rotatable bonds is 7. The Morgan fingerprint density at radius 3 is 2.76 bits per heavy atom. The summed E-state index contributed by atoms with van der Waals surface area (Å²) in [6.45, 7) is 1.74. The summed E-state index contributed by atoms with van der Waals surface area (Å²) >= 11 is 0. The van der Waals surface area contributed by atoms with E-state index in [2.05, 4.69) is 42.7 Å². The topological polar surface area (TPSA) is 99.5 Å². The second-order valence-electron chi connectivity index (χ2n) is 6.59. The van der Waals surface area contributed by atoms with Gasteiger partial charge in [-0.25, -0.2) is 19.6 Å². The Bertz CT molecular complexity index is 1210. The number of imidazole rings is 1. The predicted molar refractivity (Wildman–Crippen MR) is 106 cm³/mol. The lowest BCUT2D eigenvalue weighted by Crippen LogP contribution is -2.03. The number of fused-ring (bicyclic) bond motifs is 1. The maximum atomic E-state index is 5.35. The SMILES string of the molecule is c1ccc(Cn2cc(Cn3cnc4c(NCc5ccco5)ncnc43)nn2)cc1. The van der Waals surface area contributed by atoms with Gasteiger partial charge in [0.25, 0.3) is 0 Å². The molecule has 0 unspecified atom stereocenters. The van der Waals surface area contributed by atoms with Gasteiger partial charge in [0.2, 0.25) is 0 Å². The number of nitrogens with zero attached hydrogens (tertiary/aromatic N) is 7. The molecule has 0 aliphatic rings. The summed E-state index contributed by atoms with van der Waals surface area (Å²) in [5.74, 6) is 1.49. The molecule has 9 heteroatoms. The number of hydrogen-bond donors (Lipinski definition) is 1. The van der Waals surface area contributed by atoms with Crippen LogP contribution in [-0.2, 0) is 19.6 Å². The van der Waals surface area contributed by atoms with Crippen LogP contribution < -0.4 is 5.32 Å². The zero-order valence-electron chi connectivity index (χ0n) is 15.5. The molecular weight excluding hydrogens is 368 g/mol. The van der Waals surface area contributed by atoms with Gasteiger partial charge in [0.15, 0.2) is 11.5 Å². The van der Waals surface area contributed by atoms with Crippen molar-refractivity contribution in [3.63, 3.8) is 0 Å². The molecule has 144 valence electrons. The van der Waals surface area contributed by atoms with Crippen molar-refractivity contribution in [1.82, 2.24) is 34.5 Å². The fourth-order valence-corrected chi connectivity index (χ4v) is 3.14. The maximum absolute atomic E-state index is 5.35. The highest BCUT2D eigenvalue weighted by Gasteiger charge is 2.12. The second-order valence-corrected chi connectivity index (χ2v) is 6.59. The average Bonchev–Trinajstić information content (AvgIpc) is 3.50. The van der Waals surface area contributed by atoms with Crippen LogP contribution in [0.3, 0.4) is 0 Å². The van der Waals surface area contributed by atoms with E-state index in [1.807, 2.05) is 45.8 Å². The van der Waals surface area contributed by atoms with Gasteiger partial charge in [-0.05, 0) is 17.7 Å². The number of benzene rings is 1. The lowest BCUT2D eigenvalue weighted by molar-refractivity contribution is 0.518. The van der Waals surface area contributed by atoms with Gasteiger partial charge < -0.3 is 14.3 Å².